The molecule has 16 heavy (non-hydrogen) atoms. The highest BCUT2D eigenvalue weighted by molar-refractivity contribution is 7.33. The van der Waals surface area contributed by atoms with Gasteiger partial charge in [0, 0.05) is 15.0 Å². The maximum atomic E-state index is 2.30. The first-order valence-electron chi connectivity index (χ1n) is 5.53. The summed E-state index contributed by atoms with van der Waals surface area (Å²) in [5, 5.41) is 1.44. The van der Waals surface area contributed by atoms with E-state index in [2.05, 4.69) is 36.4 Å². The molecule has 0 radical (unpaired) electrons. The van der Waals surface area contributed by atoms with Crippen molar-refractivity contribution in [2.45, 2.75) is 12.8 Å². The third-order valence-corrected chi connectivity index (χ3v) is 5.75. The molecule has 2 heteroatoms. The first-order chi connectivity index (χ1) is 7.93. The summed E-state index contributed by atoms with van der Waals surface area (Å²) < 4.78 is 4.46. The Morgan fingerprint density at radius 2 is 1.94 bits per heavy atom. The van der Waals surface area contributed by atoms with E-state index in [1.54, 1.807) is 5.56 Å². The van der Waals surface area contributed by atoms with Crippen molar-refractivity contribution >= 4 is 48.2 Å². The third kappa shape index (κ3) is 1.09. The Labute approximate surface area is 102 Å². The molecule has 1 aliphatic rings. The molecular weight excluding hydrogens is 232 g/mol. The van der Waals surface area contributed by atoms with Crippen molar-refractivity contribution in [1.29, 1.82) is 0 Å². The molecule has 0 unspecified atom stereocenters. The summed E-state index contributed by atoms with van der Waals surface area (Å²) in [4.78, 5) is 1.48. The van der Waals surface area contributed by atoms with Crippen LogP contribution in [0.2, 0.25) is 0 Å². The molecule has 4 rings (SSSR count). The summed E-state index contributed by atoms with van der Waals surface area (Å²) in [5.74, 6) is 0. The minimum atomic E-state index is 1.20. The van der Waals surface area contributed by atoms with Crippen molar-refractivity contribution in [3.63, 3.8) is 0 Å². The van der Waals surface area contributed by atoms with Crippen molar-refractivity contribution < 1.29 is 0 Å². The summed E-state index contributed by atoms with van der Waals surface area (Å²) in [7, 11) is 0. The molecule has 78 valence electrons. The molecule has 2 heterocycles. The fourth-order valence-electron chi connectivity index (χ4n) is 2.39. The molecule has 1 aliphatic carbocycles. The van der Waals surface area contributed by atoms with Crippen LogP contribution < -0.4 is 0 Å². The van der Waals surface area contributed by atoms with E-state index in [0.717, 1.165) is 0 Å². The van der Waals surface area contributed by atoms with Gasteiger partial charge in [0.15, 0.2) is 0 Å². The van der Waals surface area contributed by atoms with Crippen molar-refractivity contribution in [2.75, 3.05) is 0 Å². The van der Waals surface area contributed by atoms with Crippen LogP contribution >= 0.6 is 22.7 Å². The van der Waals surface area contributed by atoms with Gasteiger partial charge in [-0.15, -0.1) is 22.7 Å². The lowest BCUT2D eigenvalue weighted by Crippen LogP contribution is -1.87. The van der Waals surface area contributed by atoms with Crippen LogP contribution in [0.1, 0.15) is 16.9 Å². The van der Waals surface area contributed by atoms with Gasteiger partial charge in [0.2, 0.25) is 0 Å². The first-order valence-corrected chi connectivity index (χ1v) is 7.16. The van der Waals surface area contributed by atoms with E-state index >= 15 is 0 Å². The van der Waals surface area contributed by atoms with Crippen LogP contribution in [-0.4, -0.2) is 0 Å². The molecular formula is C14H10S2. The Hall–Kier alpha value is -1.12. The summed E-state index contributed by atoms with van der Waals surface area (Å²) in [5.41, 5.74) is 1.59. The second-order valence-corrected chi connectivity index (χ2v) is 6.25. The van der Waals surface area contributed by atoms with E-state index < -0.39 is 0 Å². The monoisotopic (exact) mass is 242 g/mol. The SMILES string of the molecule is C1=Cc2sc3c(sc4ccccc43)c2CC1. The number of aryl methyl sites for hydroxylation is 1. The second kappa shape index (κ2) is 3.19. The van der Waals surface area contributed by atoms with Crippen LogP contribution in [0.4, 0.5) is 0 Å². The van der Waals surface area contributed by atoms with Gasteiger partial charge in [-0.05, 0) is 30.5 Å². The number of hydrogen-bond donors (Lipinski definition) is 0. The van der Waals surface area contributed by atoms with Crippen LogP contribution in [0.3, 0.4) is 0 Å². The molecule has 0 nitrogen and oxygen atoms in total. The fraction of sp³-hybridized carbons (Fsp3) is 0.143. The quantitative estimate of drug-likeness (QED) is 0.516. The molecule has 0 spiro atoms. The van der Waals surface area contributed by atoms with Gasteiger partial charge in [-0.2, -0.15) is 0 Å². The highest BCUT2D eigenvalue weighted by atomic mass is 32.1. The molecule has 1 aromatic carbocycles. The average Bonchev–Trinajstić information content (AvgIpc) is 2.85. The highest BCUT2D eigenvalue weighted by Gasteiger charge is 2.16. The van der Waals surface area contributed by atoms with Gasteiger partial charge in [-0.3, -0.25) is 0 Å². The largest absolute Gasteiger partial charge is 0.134 e. The zero-order valence-corrected chi connectivity index (χ0v) is 10.3. The van der Waals surface area contributed by atoms with Gasteiger partial charge < -0.3 is 0 Å². The summed E-state index contributed by atoms with van der Waals surface area (Å²) in [6, 6.07) is 8.76. The lowest BCUT2D eigenvalue weighted by molar-refractivity contribution is 1.01. The van der Waals surface area contributed by atoms with E-state index in [0.29, 0.717) is 0 Å². The Bertz CT molecular complexity index is 713. The van der Waals surface area contributed by atoms with Gasteiger partial charge in [0.25, 0.3) is 0 Å². The van der Waals surface area contributed by atoms with Crippen LogP contribution in [0.15, 0.2) is 30.3 Å². The molecule has 0 aliphatic heterocycles. The van der Waals surface area contributed by atoms with Crippen molar-refractivity contribution in [1.82, 2.24) is 0 Å². The number of hydrogen-bond acceptors (Lipinski definition) is 2. The van der Waals surface area contributed by atoms with Gasteiger partial charge in [-0.25, -0.2) is 0 Å². The summed E-state index contributed by atoms with van der Waals surface area (Å²) in [6.07, 6.45) is 7.02. The Morgan fingerprint density at radius 1 is 1.00 bits per heavy atom. The van der Waals surface area contributed by atoms with E-state index in [-0.39, 0.29) is 0 Å². The lowest BCUT2D eigenvalue weighted by atomic mass is 10.1. The molecule has 0 amide bonds. The van der Waals surface area contributed by atoms with Crippen LogP contribution in [0.25, 0.3) is 25.6 Å². The Morgan fingerprint density at radius 3 is 2.94 bits per heavy atom. The lowest BCUT2D eigenvalue weighted by Gasteiger charge is -2.02. The number of allylic oxidation sites excluding steroid dienone is 1. The van der Waals surface area contributed by atoms with Crippen molar-refractivity contribution in [2.24, 2.45) is 0 Å². The van der Waals surface area contributed by atoms with Gasteiger partial charge in [0.05, 0.1) is 9.40 Å². The standard InChI is InChI=1S/C14H10S2/c1-3-7-11-9(5-1)13-14(15-11)10-6-2-4-8-12(10)16-13/h1,3-5,7-8H,2,6H2. The predicted molar refractivity (Wildman–Crippen MR) is 74.6 cm³/mol. The fourth-order valence-corrected chi connectivity index (χ4v) is 5.17. The van der Waals surface area contributed by atoms with E-state index in [4.69, 9.17) is 0 Å². The Balaban J connectivity index is 2.20. The zero-order valence-electron chi connectivity index (χ0n) is 8.69. The molecule has 0 N–H and O–H groups in total. The maximum absolute atomic E-state index is 2.30. The number of thiophene rings is 2. The number of rotatable bonds is 0. The summed E-state index contributed by atoms with van der Waals surface area (Å²) >= 11 is 3.92. The van der Waals surface area contributed by atoms with Gasteiger partial charge >= 0.3 is 0 Å². The molecule has 0 bridgehead atoms. The van der Waals surface area contributed by atoms with E-state index in [9.17, 15) is 0 Å². The molecule has 3 aromatic rings. The van der Waals surface area contributed by atoms with Crippen LogP contribution in [0.5, 0.6) is 0 Å². The predicted octanol–water partition coefficient (Wildman–Crippen LogP) is 5.08. The molecule has 0 saturated carbocycles. The van der Waals surface area contributed by atoms with E-state index in [1.807, 2.05) is 22.7 Å². The van der Waals surface area contributed by atoms with E-state index in [1.165, 1.54) is 37.2 Å². The molecule has 0 atom stereocenters. The molecule has 0 saturated heterocycles. The van der Waals surface area contributed by atoms with Crippen molar-refractivity contribution in [3.8, 4) is 0 Å². The number of fused-ring (bicyclic) bond motifs is 5. The minimum Gasteiger partial charge on any atom is -0.134 e. The number of benzene rings is 1. The topological polar surface area (TPSA) is 0 Å². The summed E-state index contributed by atoms with van der Waals surface area (Å²) in [6.45, 7) is 0. The van der Waals surface area contributed by atoms with Gasteiger partial charge in [0.1, 0.15) is 0 Å². The minimum absolute atomic E-state index is 1.20. The van der Waals surface area contributed by atoms with Crippen LogP contribution in [0, 0.1) is 0 Å². The second-order valence-electron chi connectivity index (χ2n) is 4.14. The molecule has 2 aromatic heterocycles. The third-order valence-electron chi connectivity index (χ3n) is 3.16. The van der Waals surface area contributed by atoms with Crippen molar-refractivity contribution in [3.05, 3.63) is 40.8 Å². The smallest absolute Gasteiger partial charge is 0.0538 e. The molecule has 0 fully saturated rings. The maximum Gasteiger partial charge on any atom is 0.0538 e. The Kier molecular flexibility index (Phi) is 1.79. The van der Waals surface area contributed by atoms with Gasteiger partial charge in [-0.1, -0.05) is 24.3 Å². The average molecular weight is 242 g/mol. The normalized spacial score (nSPS) is 14.8. The zero-order chi connectivity index (χ0) is 10.5. The van der Waals surface area contributed by atoms with Crippen LogP contribution in [-0.2, 0) is 6.42 Å². The highest BCUT2D eigenvalue weighted by Crippen LogP contribution is 2.44. The first kappa shape index (κ1) is 8.97.